The van der Waals surface area contributed by atoms with Crippen LogP contribution < -0.4 is 10.9 Å². The molecular formula is C20H18N4O3S. The monoisotopic (exact) mass is 394 g/mol. The molecule has 0 spiro atoms. The number of hydrogen-bond acceptors (Lipinski definition) is 5. The van der Waals surface area contributed by atoms with E-state index in [2.05, 4.69) is 20.8 Å². The molecule has 0 unspecified atom stereocenters. The third-order valence-corrected chi connectivity index (χ3v) is 5.18. The van der Waals surface area contributed by atoms with E-state index in [1.807, 2.05) is 41.8 Å². The molecule has 142 valence electrons. The van der Waals surface area contributed by atoms with E-state index in [0.29, 0.717) is 17.3 Å². The molecule has 3 aromatic heterocycles. The Morgan fingerprint density at radius 3 is 2.68 bits per heavy atom. The molecule has 0 atom stereocenters. The molecule has 0 fully saturated rings. The van der Waals surface area contributed by atoms with Gasteiger partial charge >= 0.3 is 0 Å². The molecule has 0 aliphatic rings. The first kappa shape index (κ1) is 18.0. The number of carbonyl (C=O) groups is 2. The molecule has 28 heavy (non-hydrogen) atoms. The summed E-state index contributed by atoms with van der Waals surface area (Å²) in [6.07, 6.45) is 1.99. The smallest absolute Gasteiger partial charge is 0.244 e. The fraction of sp³-hybridized carbons (Fsp3) is 0.150. The summed E-state index contributed by atoms with van der Waals surface area (Å²) in [6, 6.07) is 11.6. The number of benzene rings is 1. The van der Waals surface area contributed by atoms with Gasteiger partial charge in [0.05, 0.1) is 23.4 Å². The van der Waals surface area contributed by atoms with Crippen molar-refractivity contribution in [2.45, 2.75) is 19.8 Å². The molecule has 1 aromatic carbocycles. The standard InChI is InChI=1S/C20H18N4O3S/c1-12-16(22-20(27-12)17-7-4-8-28-17)10-19(26)24-23-18(25)9-13-11-21-15-6-3-2-5-14(13)15/h2-8,11,21H,9-10H2,1H3,(H,23,25)(H,24,26). The number of oxazole rings is 1. The van der Waals surface area contributed by atoms with Crippen LogP contribution in [0.5, 0.6) is 0 Å². The summed E-state index contributed by atoms with van der Waals surface area (Å²) in [7, 11) is 0. The van der Waals surface area contributed by atoms with Crippen LogP contribution in [0.1, 0.15) is 17.0 Å². The van der Waals surface area contributed by atoms with E-state index in [4.69, 9.17) is 4.42 Å². The van der Waals surface area contributed by atoms with Crippen molar-refractivity contribution in [2.75, 3.05) is 0 Å². The molecule has 4 rings (SSSR count). The van der Waals surface area contributed by atoms with Crippen LogP contribution in [0.4, 0.5) is 0 Å². The Balaban J connectivity index is 1.32. The van der Waals surface area contributed by atoms with Gasteiger partial charge in [-0.15, -0.1) is 11.3 Å². The summed E-state index contributed by atoms with van der Waals surface area (Å²) in [5.41, 5.74) is 7.27. The number of hydrazine groups is 1. The highest BCUT2D eigenvalue weighted by Gasteiger charge is 2.16. The highest BCUT2D eigenvalue weighted by Crippen LogP contribution is 2.26. The van der Waals surface area contributed by atoms with E-state index in [1.54, 1.807) is 13.1 Å². The van der Waals surface area contributed by atoms with Crippen molar-refractivity contribution < 1.29 is 14.0 Å². The van der Waals surface area contributed by atoms with Gasteiger partial charge in [0.1, 0.15) is 5.76 Å². The topological polar surface area (TPSA) is 100 Å². The molecule has 3 N–H and O–H groups in total. The molecule has 0 aliphatic carbocycles. The maximum atomic E-state index is 12.2. The van der Waals surface area contributed by atoms with Gasteiger partial charge in [0.2, 0.25) is 17.7 Å². The summed E-state index contributed by atoms with van der Waals surface area (Å²) in [4.78, 5) is 32.7. The van der Waals surface area contributed by atoms with Crippen molar-refractivity contribution in [3.8, 4) is 10.8 Å². The van der Waals surface area contributed by atoms with Gasteiger partial charge < -0.3 is 9.40 Å². The summed E-state index contributed by atoms with van der Waals surface area (Å²) in [5.74, 6) is 0.429. The molecule has 4 aromatic rings. The lowest BCUT2D eigenvalue weighted by molar-refractivity contribution is -0.128. The van der Waals surface area contributed by atoms with Crippen LogP contribution in [0.25, 0.3) is 21.7 Å². The highest BCUT2D eigenvalue weighted by atomic mass is 32.1. The van der Waals surface area contributed by atoms with Crippen molar-refractivity contribution >= 4 is 34.1 Å². The number of rotatable bonds is 5. The quantitative estimate of drug-likeness (QED) is 0.453. The largest absolute Gasteiger partial charge is 0.440 e. The minimum Gasteiger partial charge on any atom is -0.440 e. The Morgan fingerprint density at radius 2 is 1.89 bits per heavy atom. The van der Waals surface area contributed by atoms with Crippen LogP contribution in [-0.2, 0) is 22.4 Å². The SMILES string of the molecule is Cc1oc(-c2cccs2)nc1CC(=O)NNC(=O)Cc1c[nH]c2ccccc12. The zero-order valence-corrected chi connectivity index (χ0v) is 15.9. The summed E-state index contributed by atoms with van der Waals surface area (Å²) < 4.78 is 5.63. The van der Waals surface area contributed by atoms with E-state index in [0.717, 1.165) is 21.3 Å². The number of amides is 2. The zero-order valence-electron chi connectivity index (χ0n) is 15.1. The lowest BCUT2D eigenvalue weighted by atomic mass is 10.1. The number of thiophene rings is 1. The second-order valence-electron chi connectivity index (χ2n) is 6.31. The molecule has 0 saturated carbocycles. The van der Waals surface area contributed by atoms with E-state index < -0.39 is 0 Å². The van der Waals surface area contributed by atoms with E-state index in [9.17, 15) is 9.59 Å². The summed E-state index contributed by atoms with van der Waals surface area (Å²) >= 11 is 1.52. The van der Waals surface area contributed by atoms with Gasteiger partial charge in [-0.3, -0.25) is 20.4 Å². The number of hydrogen-bond donors (Lipinski definition) is 3. The third-order valence-electron chi connectivity index (χ3n) is 4.32. The average molecular weight is 394 g/mol. The first-order chi connectivity index (χ1) is 13.6. The molecule has 0 saturated heterocycles. The number of nitrogens with zero attached hydrogens (tertiary/aromatic N) is 1. The second-order valence-corrected chi connectivity index (χ2v) is 7.26. The lowest BCUT2D eigenvalue weighted by Crippen LogP contribution is -2.43. The number of fused-ring (bicyclic) bond motifs is 1. The number of para-hydroxylation sites is 1. The second kappa shape index (κ2) is 7.69. The normalized spacial score (nSPS) is 10.9. The molecule has 0 bridgehead atoms. The highest BCUT2D eigenvalue weighted by molar-refractivity contribution is 7.13. The van der Waals surface area contributed by atoms with Crippen molar-refractivity contribution in [3.05, 3.63) is 65.0 Å². The summed E-state index contributed by atoms with van der Waals surface area (Å²) in [6.45, 7) is 1.77. The maximum Gasteiger partial charge on any atom is 0.244 e. The predicted octanol–water partition coefficient (Wildman–Crippen LogP) is 3.13. The van der Waals surface area contributed by atoms with Gasteiger partial charge in [-0.25, -0.2) is 4.98 Å². The molecule has 2 amide bonds. The Hall–Kier alpha value is -3.39. The minimum absolute atomic E-state index is 0.0219. The zero-order chi connectivity index (χ0) is 19.5. The van der Waals surface area contributed by atoms with Crippen molar-refractivity contribution in [1.29, 1.82) is 0 Å². The van der Waals surface area contributed by atoms with Crippen LogP contribution in [0.2, 0.25) is 0 Å². The van der Waals surface area contributed by atoms with Crippen LogP contribution in [0.15, 0.2) is 52.4 Å². The Morgan fingerprint density at radius 1 is 1.11 bits per heavy atom. The van der Waals surface area contributed by atoms with Gasteiger partial charge in [0, 0.05) is 17.1 Å². The van der Waals surface area contributed by atoms with Gasteiger partial charge in [-0.1, -0.05) is 24.3 Å². The van der Waals surface area contributed by atoms with Crippen LogP contribution in [0, 0.1) is 6.92 Å². The van der Waals surface area contributed by atoms with E-state index in [-0.39, 0.29) is 24.7 Å². The van der Waals surface area contributed by atoms with Gasteiger partial charge in [0.25, 0.3) is 0 Å². The van der Waals surface area contributed by atoms with E-state index in [1.165, 1.54) is 11.3 Å². The molecular weight excluding hydrogens is 376 g/mol. The van der Waals surface area contributed by atoms with Crippen LogP contribution in [-0.4, -0.2) is 21.8 Å². The fourth-order valence-corrected chi connectivity index (χ4v) is 3.58. The maximum absolute atomic E-state index is 12.2. The van der Waals surface area contributed by atoms with Crippen molar-refractivity contribution in [1.82, 2.24) is 20.8 Å². The number of aryl methyl sites for hydroxylation is 1. The van der Waals surface area contributed by atoms with Crippen molar-refractivity contribution in [2.24, 2.45) is 0 Å². The summed E-state index contributed by atoms with van der Waals surface area (Å²) in [5, 5.41) is 2.92. The molecule has 3 heterocycles. The molecule has 8 heteroatoms. The Labute approximate surface area is 164 Å². The lowest BCUT2D eigenvalue weighted by Gasteiger charge is -2.06. The first-order valence-electron chi connectivity index (χ1n) is 8.73. The van der Waals surface area contributed by atoms with Gasteiger partial charge in [-0.05, 0) is 30.0 Å². The Bertz CT molecular complexity index is 1130. The minimum atomic E-state index is -0.360. The van der Waals surface area contributed by atoms with Gasteiger partial charge in [0.15, 0.2) is 0 Å². The third kappa shape index (κ3) is 3.81. The first-order valence-corrected chi connectivity index (χ1v) is 9.61. The number of carbonyl (C=O) groups excluding carboxylic acids is 2. The Kier molecular flexibility index (Phi) is 4.94. The number of aromatic nitrogens is 2. The predicted molar refractivity (Wildman–Crippen MR) is 107 cm³/mol. The van der Waals surface area contributed by atoms with E-state index >= 15 is 0 Å². The molecule has 0 aliphatic heterocycles. The molecule has 0 radical (unpaired) electrons. The van der Waals surface area contributed by atoms with Crippen molar-refractivity contribution in [3.63, 3.8) is 0 Å². The van der Waals surface area contributed by atoms with Gasteiger partial charge in [-0.2, -0.15) is 0 Å². The number of H-pyrrole nitrogens is 1. The number of nitrogens with one attached hydrogen (secondary N) is 3. The van der Waals surface area contributed by atoms with Crippen LogP contribution >= 0.6 is 11.3 Å². The average Bonchev–Trinajstić information content (AvgIpc) is 3.42. The fourth-order valence-electron chi connectivity index (χ4n) is 2.93. The van der Waals surface area contributed by atoms with Crippen LogP contribution in [0.3, 0.4) is 0 Å². The number of aromatic amines is 1. The molecule has 7 nitrogen and oxygen atoms in total.